The molecular formula is C50H46N6O4. The van der Waals surface area contributed by atoms with Crippen molar-refractivity contribution in [2.45, 2.75) is 73.0 Å². The molecule has 6 aliphatic rings. The van der Waals surface area contributed by atoms with Crippen LogP contribution in [0.4, 0.5) is 11.4 Å². The predicted molar refractivity (Wildman–Crippen MR) is 229 cm³/mol. The van der Waals surface area contributed by atoms with Gasteiger partial charge in [-0.3, -0.25) is 19.2 Å². The van der Waals surface area contributed by atoms with Crippen LogP contribution in [0, 0.1) is 0 Å². The average Bonchev–Trinajstić information content (AvgIpc) is 4.00. The Morgan fingerprint density at radius 2 is 1.07 bits per heavy atom. The molecular weight excluding hydrogens is 749 g/mol. The summed E-state index contributed by atoms with van der Waals surface area (Å²) in [5.41, 5.74) is 4.87. The van der Waals surface area contributed by atoms with Gasteiger partial charge < -0.3 is 29.8 Å². The van der Waals surface area contributed by atoms with Crippen LogP contribution in [-0.4, -0.2) is 93.8 Å². The third kappa shape index (κ3) is 4.87. The van der Waals surface area contributed by atoms with E-state index in [1.54, 1.807) is 23.9 Å². The molecule has 6 heterocycles. The first-order chi connectivity index (χ1) is 29.2. The molecule has 11 rings (SSSR count). The van der Waals surface area contributed by atoms with Crippen molar-refractivity contribution in [3.05, 3.63) is 174 Å². The molecule has 5 aromatic carbocycles. The highest BCUT2D eigenvalue weighted by molar-refractivity contribution is 6.01. The number of para-hydroxylation sites is 2. The maximum atomic E-state index is 15.5. The van der Waals surface area contributed by atoms with E-state index in [4.69, 9.17) is 0 Å². The standard InChI is InChI=1S/C50H46N6O4/c1-52-39(28-33-18-8-4-9-19-33)45(59)55-41(43(52)57)30-49(35-22-12-14-24-37(35)51-47(49)55)50-31-42-44(58)53(2)40(29-34-20-10-5-11-21-34)46(60)56(42)48(50)54(38-25-15-13-23-36(38)50)27-26-32-16-6-3-7-17-32/h3-27,39-42,47-48,51H,28-31H2,1-2H3/b27-26+/t39-,40-,41-,42-,47+,48+,49?,50?/m0/s1. The van der Waals surface area contributed by atoms with Gasteiger partial charge in [-0.15, -0.1) is 0 Å². The molecule has 4 fully saturated rings. The van der Waals surface area contributed by atoms with Gasteiger partial charge in [0.25, 0.3) is 0 Å². The Kier molecular flexibility index (Phi) is 8.14. The Hall–Kier alpha value is -6.68. The monoisotopic (exact) mass is 794 g/mol. The second-order valence-electron chi connectivity index (χ2n) is 17.3. The van der Waals surface area contributed by atoms with Crippen LogP contribution in [0.1, 0.15) is 40.7 Å². The van der Waals surface area contributed by atoms with E-state index >= 15 is 14.4 Å². The molecule has 2 unspecified atom stereocenters. The third-order valence-corrected chi connectivity index (χ3v) is 14.6. The fraction of sp³-hybridized carbons (Fsp3) is 0.280. The number of carbonyl (C=O) groups excluding carboxylic acids is 4. The van der Waals surface area contributed by atoms with Crippen molar-refractivity contribution in [2.24, 2.45) is 0 Å². The summed E-state index contributed by atoms with van der Waals surface area (Å²) in [6.45, 7) is 0. The lowest BCUT2D eigenvalue weighted by atomic mass is 9.54. The number of anilines is 2. The molecule has 10 heteroatoms. The minimum absolute atomic E-state index is 0.103. The molecule has 60 heavy (non-hydrogen) atoms. The number of nitrogens with zero attached hydrogens (tertiary/aromatic N) is 5. The van der Waals surface area contributed by atoms with Gasteiger partial charge in [0.15, 0.2) is 0 Å². The molecule has 1 N–H and O–H groups in total. The molecule has 0 radical (unpaired) electrons. The maximum Gasteiger partial charge on any atom is 0.248 e. The van der Waals surface area contributed by atoms with Gasteiger partial charge in [-0.05, 0) is 58.9 Å². The molecule has 5 aromatic rings. The summed E-state index contributed by atoms with van der Waals surface area (Å²) in [5, 5.41) is 3.83. The Morgan fingerprint density at radius 3 is 1.70 bits per heavy atom. The largest absolute Gasteiger partial charge is 0.364 e. The quantitative estimate of drug-likeness (QED) is 0.224. The zero-order chi connectivity index (χ0) is 40.9. The van der Waals surface area contributed by atoms with Crippen LogP contribution in [0.15, 0.2) is 146 Å². The zero-order valence-corrected chi connectivity index (χ0v) is 33.6. The van der Waals surface area contributed by atoms with Crippen LogP contribution in [0.5, 0.6) is 0 Å². The fourth-order valence-corrected chi connectivity index (χ4v) is 12.0. The van der Waals surface area contributed by atoms with E-state index in [9.17, 15) is 4.79 Å². The van der Waals surface area contributed by atoms with Crippen molar-refractivity contribution in [1.29, 1.82) is 0 Å². The van der Waals surface area contributed by atoms with Crippen molar-refractivity contribution < 1.29 is 19.2 Å². The normalized spacial score (nSPS) is 30.0. The van der Waals surface area contributed by atoms with Crippen molar-refractivity contribution >= 4 is 41.1 Å². The number of nitrogens with one attached hydrogen (secondary N) is 1. The van der Waals surface area contributed by atoms with Crippen molar-refractivity contribution in [1.82, 2.24) is 19.6 Å². The number of benzene rings is 5. The third-order valence-electron chi connectivity index (χ3n) is 14.6. The number of likely N-dealkylation sites (N-methyl/N-ethyl adjacent to an activating group) is 2. The minimum Gasteiger partial charge on any atom is -0.364 e. The average molecular weight is 795 g/mol. The lowest BCUT2D eigenvalue weighted by Crippen LogP contribution is -2.68. The molecule has 0 bridgehead atoms. The first kappa shape index (κ1) is 36.4. The fourth-order valence-electron chi connectivity index (χ4n) is 12.0. The van der Waals surface area contributed by atoms with E-state index in [1.165, 1.54) is 0 Å². The lowest BCUT2D eigenvalue weighted by Gasteiger charge is -2.50. The summed E-state index contributed by atoms with van der Waals surface area (Å²) in [6.07, 6.45) is 4.23. The second kappa shape index (κ2) is 13.4. The predicted octanol–water partition coefficient (Wildman–Crippen LogP) is 5.80. The summed E-state index contributed by atoms with van der Waals surface area (Å²) in [7, 11) is 3.52. The van der Waals surface area contributed by atoms with Gasteiger partial charge >= 0.3 is 0 Å². The van der Waals surface area contributed by atoms with E-state index in [1.807, 2.05) is 125 Å². The molecule has 6 aliphatic heterocycles. The molecule has 10 nitrogen and oxygen atoms in total. The number of hydrogen-bond donors (Lipinski definition) is 1. The van der Waals surface area contributed by atoms with Crippen LogP contribution < -0.4 is 10.2 Å². The maximum absolute atomic E-state index is 15.5. The van der Waals surface area contributed by atoms with E-state index in [0.29, 0.717) is 25.7 Å². The molecule has 0 spiro atoms. The zero-order valence-electron chi connectivity index (χ0n) is 33.6. The Bertz CT molecular complexity index is 2590. The molecule has 4 saturated heterocycles. The smallest absolute Gasteiger partial charge is 0.248 e. The first-order valence-electron chi connectivity index (χ1n) is 21.0. The number of hydrogen-bond acceptors (Lipinski definition) is 6. The van der Waals surface area contributed by atoms with Gasteiger partial charge in [-0.2, -0.15) is 0 Å². The van der Waals surface area contributed by atoms with Crippen molar-refractivity contribution in [2.75, 3.05) is 24.3 Å². The van der Waals surface area contributed by atoms with Crippen LogP contribution >= 0.6 is 0 Å². The van der Waals surface area contributed by atoms with Crippen molar-refractivity contribution in [3.63, 3.8) is 0 Å². The molecule has 4 amide bonds. The molecule has 8 atom stereocenters. The number of piperazine rings is 2. The molecule has 0 aliphatic carbocycles. The topological polar surface area (TPSA) is 96.5 Å². The number of fused-ring (bicyclic) bond motifs is 11. The number of rotatable bonds is 7. The summed E-state index contributed by atoms with van der Waals surface area (Å²) in [6, 6.07) is 43.4. The summed E-state index contributed by atoms with van der Waals surface area (Å²) in [5.74, 6) is -0.425. The van der Waals surface area contributed by atoms with Gasteiger partial charge in [0.2, 0.25) is 23.6 Å². The van der Waals surface area contributed by atoms with E-state index in [2.05, 4.69) is 46.8 Å². The van der Waals surface area contributed by atoms with Crippen molar-refractivity contribution in [3.8, 4) is 0 Å². The molecule has 0 saturated carbocycles. The summed E-state index contributed by atoms with van der Waals surface area (Å²) >= 11 is 0. The SMILES string of the molecule is CN1C(=O)[C@@H]2CC3(C45C[C@H]6C(=O)N(C)[C@@H](Cc7ccccc7)C(=O)N6[C@H]4N(/C=C/c4ccccc4)c4ccccc45)c4ccccc4N[C@@H]3N2C(=O)[C@@H]1Cc1ccccc1. The first-order valence-corrected chi connectivity index (χ1v) is 21.0. The van der Waals surface area contributed by atoms with Crippen LogP contribution in [0.2, 0.25) is 0 Å². The lowest BCUT2D eigenvalue weighted by molar-refractivity contribution is -0.159. The Labute approximate surface area is 349 Å². The van der Waals surface area contributed by atoms with E-state index < -0.39 is 47.3 Å². The highest BCUT2D eigenvalue weighted by Crippen LogP contribution is 2.70. The molecule has 300 valence electrons. The van der Waals surface area contributed by atoms with Gasteiger partial charge in [0.05, 0.1) is 10.8 Å². The van der Waals surface area contributed by atoms with E-state index in [-0.39, 0.29) is 23.6 Å². The summed E-state index contributed by atoms with van der Waals surface area (Å²) < 4.78 is 0. The number of amides is 4. The Balaban J connectivity index is 1.13. The van der Waals surface area contributed by atoms with Gasteiger partial charge in [-0.1, -0.05) is 127 Å². The van der Waals surface area contributed by atoms with Crippen LogP contribution in [-0.2, 0) is 42.8 Å². The number of carbonyl (C=O) groups is 4. The van der Waals surface area contributed by atoms with Gasteiger partial charge in [0, 0.05) is 44.5 Å². The Morgan fingerprint density at radius 1 is 0.567 bits per heavy atom. The molecule has 0 aromatic heterocycles. The second-order valence-corrected chi connectivity index (χ2v) is 17.3. The summed E-state index contributed by atoms with van der Waals surface area (Å²) in [4.78, 5) is 69.9. The highest BCUT2D eigenvalue weighted by atomic mass is 16.2. The van der Waals surface area contributed by atoms with Gasteiger partial charge in [0.1, 0.15) is 36.5 Å². The van der Waals surface area contributed by atoms with Crippen LogP contribution in [0.3, 0.4) is 0 Å². The van der Waals surface area contributed by atoms with Gasteiger partial charge in [-0.25, -0.2) is 0 Å². The van der Waals surface area contributed by atoms with E-state index in [0.717, 1.165) is 39.2 Å². The highest BCUT2D eigenvalue weighted by Gasteiger charge is 2.79. The minimum atomic E-state index is -0.960. The van der Waals surface area contributed by atoms with Crippen LogP contribution in [0.25, 0.3) is 6.08 Å².